The summed E-state index contributed by atoms with van der Waals surface area (Å²) in [4.78, 5) is 2.36. The molecule has 114 valence electrons. The first-order chi connectivity index (χ1) is 9.85. The molecule has 0 radical (unpaired) electrons. The molecule has 0 bridgehead atoms. The molecule has 21 heavy (non-hydrogen) atoms. The second-order valence-corrected chi connectivity index (χ2v) is 7.92. The van der Waals surface area contributed by atoms with Crippen molar-refractivity contribution in [2.75, 3.05) is 32.1 Å². The lowest BCUT2D eigenvalue weighted by Gasteiger charge is -2.42. The molecule has 0 atom stereocenters. The van der Waals surface area contributed by atoms with Gasteiger partial charge in [-0.2, -0.15) is 5.26 Å². The lowest BCUT2D eigenvalue weighted by Crippen LogP contribution is -2.54. The molecule has 0 unspecified atom stereocenters. The number of benzene rings is 1. The quantitative estimate of drug-likeness (QED) is 0.842. The lowest BCUT2D eigenvalue weighted by atomic mass is 10.0. The van der Waals surface area contributed by atoms with Crippen LogP contribution in [0.2, 0.25) is 0 Å². The summed E-state index contributed by atoms with van der Waals surface area (Å²) in [5.41, 5.74) is 0.213. The normalized spacial score (nSPS) is 19.1. The van der Waals surface area contributed by atoms with Gasteiger partial charge >= 0.3 is 0 Å². The van der Waals surface area contributed by atoms with Gasteiger partial charge in [-0.25, -0.2) is 8.42 Å². The topological polar surface area (TPSA) is 70.4 Å². The summed E-state index contributed by atoms with van der Waals surface area (Å²) in [5, 5.41) is 8.86. The second-order valence-electron chi connectivity index (χ2n) is 5.81. The van der Waals surface area contributed by atoms with E-state index < -0.39 is 9.84 Å². The third-order valence-corrected chi connectivity index (χ3v) is 5.46. The molecule has 1 fully saturated rings. The monoisotopic (exact) mass is 308 g/mol. The van der Waals surface area contributed by atoms with Gasteiger partial charge < -0.3 is 4.74 Å². The Morgan fingerprint density at radius 2 is 2.19 bits per heavy atom. The van der Waals surface area contributed by atoms with Crippen LogP contribution in [0.25, 0.3) is 0 Å². The molecule has 1 aliphatic rings. The Morgan fingerprint density at radius 1 is 1.43 bits per heavy atom. The zero-order valence-electron chi connectivity index (χ0n) is 12.4. The van der Waals surface area contributed by atoms with Crippen LogP contribution in [0.15, 0.2) is 29.2 Å². The van der Waals surface area contributed by atoms with Crippen molar-refractivity contribution < 1.29 is 13.2 Å². The molecule has 6 heteroatoms. The summed E-state index contributed by atoms with van der Waals surface area (Å²) in [5.74, 6) is 0.0469. The van der Waals surface area contributed by atoms with E-state index in [2.05, 4.69) is 18.7 Å². The summed E-state index contributed by atoms with van der Waals surface area (Å²) < 4.78 is 30.2. The van der Waals surface area contributed by atoms with Gasteiger partial charge in [0.2, 0.25) is 0 Å². The first kappa shape index (κ1) is 16.0. The van der Waals surface area contributed by atoms with Crippen LogP contribution in [0.1, 0.15) is 19.4 Å². The zero-order chi connectivity index (χ0) is 15.5. The molecular formula is C15H20N2O3S. The summed E-state index contributed by atoms with van der Waals surface area (Å²) in [6.07, 6.45) is 0. The van der Waals surface area contributed by atoms with Crippen molar-refractivity contribution in [3.63, 3.8) is 0 Å². The minimum absolute atomic E-state index is 0.0469. The van der Waals surface area contributed by atoms with Gasteiger partial charge in [-0.1, -0.05) is 6.07 Å². The number of hydrogen-bond donors (Lipinski definition) is 0. The van der Waals surface area contributed by atoms with Crippen LogP contribution in [0.5, 0.6) is 0 Å². The lowest BCUT2D eigenvalue weighted by molar-refractivity contribution is -0.0477. The first-order valence-corrected chi connectivity index (χ1v) is 8.56. The Bertz CT molecular complexity index is 647. The Balaban J connectivity index is 2.09. The summed E-state index contributed by atoms with van der Waals surface area (Å²) in [6.45, 7) is 6.55. The van der Waals surface area contributed by atoms with Crippen molar-refractivity contribution in [1.29, 1.82) is 5.26 Å². The van der Waals surface area contributed by atoms with Gasteiger partial charge in [0.25, 0.3) is 0 Å². The van der Waals surface area contributed by atoms with Crippen molar-refractivity contribution in [3.05, 3.63) is 29.8 Å². The van der Waals surface area contributed by atoms with Crippen LogP contribution in [-0.2, 0) is 14.6 Å². The third-order valence-electron chi connectivity index (χ3n) is 3.77. The summed E-state index contributed by atoms with van der Waals surface area (Å²) in [6, 6.07) is 8.14. The number of nitriles is 1. The number of ether oxygens (including phenoxy) is 1. The van der Waals surface area contributed by atoms with Gasteiger partial charge in [-0.15, -0.1) is 0 Å². The zero-order valence-corrected chi connectivity index (χ0v) is 13.2. The highest BCUT2D eigenvalue weighted by Crippen LogP contribution is 2.20. The van der Waals surface area contributed by atoms with Gasteiger partial charge in [0.1, 0.15) is 0 Å². The maximum absolute atomic E-state index is 12.4. The minimum atomic E-state index is -3.38. The van der Waals surface area contributed by atoms with E-state index in [1.807, 2.05) is 6.07 Å². The fourth-order valence-corrected chi connectivity index (χ4v) is 3.70. The van der Waals surface area contributed by atoms with Crippen molar-refractivity contribution in [1.82, 2.24) is 4.90 Å². The van der Waals surface area contributed by atoms with Gasteiger partial charge in [0, 0.05) is 18.6 Å². The molecule has 0 N–H and O–H groups in total. The number of sulfone groups is 1. The molecule has 1 aromatic rings. The average molecular weight is 308 g/mol. The van der Waals surface area contributed by atoms with E-state index in [1.54, 1.807) is 18.2 Å². The van der Waals surface area contributed by atoms with E-state index in [0.717, 1.165) is 6.54 Å². The standard InChI is InChI=1S/C15H20N2O3S/c1-15(2)12-20-8-6-17(15)7-9-21(18,19)14-5-3-4-13(10-14)11-16/h3-5,10H,6-9,12H2,1-2H3. The number of morpholine rings is 1. The molecular weight excluding hydrogens is 288 g/mol. The molecule has 1 heterocycles. The third kappa shape index (κ3) is 3.82. The van der Waals surface area contributed by atoms with Crippen LogP contribution < -0.4 is 0 Å². The number of nitrogens with zero attached hydrogens (tertiary/aromatic N) is 2. The molecule has 1 aromatic carbocycles. The van der Waals surface area contributed by atoms with Gasteiger partial charge in [0.05, 0.1) is 35.5 Å². The van der Waals surface area contributed by atoms with E-state index >= 15 is 0 Å². The Morgan fingerprint density at radius 3 is 2.86 bits per heavy atom. The molecule has 0 aliphatic carbocycles. The molecule has 0 spiro atoms. The molecule has 1 saturated heterocycles. The van der Waals surface area contributed by atoms with Crippen molar-refractivity contribution in [3.8, 4) is 6.07 Å². The van der Waals surface area contributed by atoms with Crippen LogP contribution in [0, 0.1) is 11.3 Å². The van der Waals surface area contributed by atoms with Gasteiger partial charge in [0.15, 0.2) is 9.84 Å². The van der Waals surface area contributed by atoms with E-state index in [-0.39, 0.29) is 16.2 Å². The highest BCUT2D eigenvalue weighted by atomic mass is 32.2. The van der Waals surface area contributed by atoms with E-state index in [1.165, 1.54) is 6.07 Å². The largest absolute Gasteiger partial charge is 0.378 e. The Hall–Kier alpha value is -1.42. The van der Waals surface area contributed by atoms with Gasteiger partial charge in [-0.05, 0) is 32.0 Å². The Labute approximate surface area is 126 Å². The van der Waals surface area contributed by atoms with Crippen molar-refractivity contribution in [2.45, 2.75) is 24.3 Å². The molecule has 5 nitrogen and oxygen atoms in total. The molecule has 0 aromatic heterocycles. The number of hydrogen-bond acceptors (Lipinski definition) is 5. The molecule has 0 saturated carbocycles. The predicted molar refractivity (Wildman–Crippen MR) is 79.7 cm³/mol. The second kappa shape index (κ2) is 6.14. The molecule has 2 rings (SSSR count). The molecule has 1 aliphatic heterocycles. The van der Waals surface area contributed by atoms with Crippen LogP contribution in [0.3, 0.4) is 0 Å². The first-order valence-electron chi connectivity index (χ1n) is 6.91. The smallest absolute Gasteiger partial charge is 0.179 e. The van der Waals surface area contributed by atoms with E-state index in [0.29, 0.717) is 25.3 Å². The fourth-order valence-electron chi connectivity index (χ4n) is 2.41. The number of rotatable bonds is 4. The average Bonchev–Trinajstić information content (AvgIpc) is 2.46. The predicted octanol–water partition coefficient (Wildman–Crippen LogP) is 1.44. The van der Waals surface area contributed by atoms with Crippen LogP contribution in [-0.4, -0.2) is 50.9 Å². The van der Waals surface area contributed by atoms with E-state index in [4.69, 9.17) is 10.00 Å². The van der Waals surface area contributed by atoms with E-state index in [9.17, 15) is 8.42 Å². The van der Waals surface area contributed by atoms with Crippen LogP contribution in [0.4, 0.5) is 0 Å². The van der Waals surface area contributed by atoms with Crippen molar-refractivity contribution in [2.24, 2.45) is 0 Å². The maximum Gasteiger partial charge on any atom is 0.179 e. The fraction of sp³-hybridized carbons (Fsp3) is 0.533. The minimum Gasteiger partial charge on any atom is -0.378 e. The summed E-state index contributed by atoms with van der Waals surface area (Å²) >= 11 is 0. The van der Waals surface area contributed by atoms with Crippen LogP contribution >= 0.6 is 0 Å². The molecule has 0 amide bonds. The summed E-state index contributed by atoms with van der Waals surface area (Å²) in [7, 11) is -3.38. The maximum atomic E-state index is 12.4. The van der Waals surface area contributed by atoms with Gasteiger partial charge in [-0.3, -0.25) is 4.90 Å². The highest BCUT2D eigenvalue weighted by Gasteiger charge is 2.31. The SMILES string of the molecule is CC1(C)COCCN1CCS(=O)(=O)c1cccc(C#N)c1. The van der Waals surface area contributed by atoms with Crippen molar-refractivity contribution >= 4 is 9.84 Å². The Kier molecular flexibility index (Phi) is 4.67. The highest BCUT2D eigenvalue weighted by molar-refractivity contribution is 7.91.